The Morgan fingerprint density at radius 2 is 1.56 bits per heavy atom. The summed E-state index contributed by atoms with van der Waals surface area (Å²) in [6, 6.07) is 18.8. The van der Waals surface area contributed by atoms with E-state index in [1.54, 1.807) is 16.8 Å². The number of hydrogen-bond donors (Lipinski definition) is 4. The van der Waals surface area contributed by atoms with Crippen LogP contribution in [-0.4, -0.2) is 32.1 Å². The number of benzene rings is 2. The molecular weight excluding hydrogens is 338 g/mol. The number of H-pyrrole nitrogens is 1. The zero-order chi connectivity index (χ0) is 18.1. The Morgan fingerprint density at radius 1 is 0.960 bits per heavy atom. The highest BCUT2D eigenvalue weighted by Crippen LogP contribution is 2.09. The zero-order valence-corrected chi connectivity index (χ0v) is 14.0. The Kier molecular flexibility index (Phi) is 6.37. The fraction of sp³-hybridized carbons (Fsp3) is 0. The highest BCUT2D eigenvalue weighted by molar-refractivity contribution is 7.71. The lowest BCUT2D eigenvalue weighted by atomic mass is 10.3. The molecule has 2 aromatic carbocycles. The van der Waals surface area contributed by atoms with Crippen LogP contribution in [0.3, 0.4) is 0 Å². The first kappa shape index (κ1) is 17.8. The first-order valence-electron chi connectivity index (χ1n) is 7.10. The molecule has 0 radical (unpaired) electrons. The van der Waals surface area contributed by atoms with E-state index < -0.39 is 0 Å². The molecule has 1 aromatic heterocycles. The maximum atomic E-state index is 5.41. The number of nitrogens with one attached hydrogen (secondary N) is 1. The van der Waals surface area contributed by atoms with Crippen LogP contribution in [0.1, 0.15) is 0 Å². The number of hydrogen-bond acceptors (Lipinski definition) is 4. The Morgan fingerprint density at radius 3 is 2.08 bits per heavy atom. The summed E-state index contributed by atoms with van der Waals surface area (Å²) >= 11 is 4.93. The molecule has 3 rings (SSSR count). The van der Waals surface area contributed by atoms with Crippen molar-refractivity contribution in [2.45, 2.75) is 0 Å². The molecule has 7 N–H and O–H groups in total. The number of aromatic nitrogens is 4. The van der Waals surface area contributed by atoms with Gasteiger partial charge in [-0.2, -0.15) is 10.2 Å². The van der Waals surface area contributed by atoms with Gasteiger partial charge in [-0.3, -0.25) is 0 Å². The summed E-state index contributed by atoms with van der Waals surface area (Å²) in [6.45, 7) is 0. The number of rotatable bonds is 2. The van der Waals surface area contributed by atoms with Gasteiger partial charge in [-0.15, -0.1) is 0 Å². The molecule has 1 heterocycles. The summed E-state index contributed by atoms with van der Waals surface area (Å²) in [6.07, 6.45) is 0. The third kappa shape index (κ3) is 5.88. The number of tetrazole rings is 1. The second kappa shape index (κ2) is 8.93. The quantitative estimate of drug-likeness (QED) is 0.308. The summed E-state index contributed by atoms with van der Waals surface area (Å²) in [4.78, 5) is 7.52. The van der Waals surface area contributed by atoms with Gasteiger partial charge in [-0.1, -0.05) is 46.7 Å². The van der Waals surface area contributed by atoms with E-state index in [2.05, 4.69) is 25.5 Å². The van der Waals surface area contributed by atoms with Gasteiger partial charge in [-0.25, -0.2) is 9.67 Å². The minimum Gasteiger partial charge on any atom is -0.370 e. The maximum Gasteiger partial charge on any atom is 0.242 e. The molecule has 3 aromatic rings. The van der Waals surface area contributed by atoms with E-state index in [4.69, 9.17) is 29.4 Å². The molecule has 0 aliphatic heterocycles. The Balaban J connectivity index is 0.000000181. The van der Waals surface area contributed by atoms with E-state index in [0.717, 1.165) is 5.69 Å². The topological polar surface area (TPSA) is 149 Å². The van der Waals surface area contributed by atoms with E-state index >= 15 is 0 Å². The lowest BCUT2D eigenvalue weighted by Gasteiger charge is -1.97. The van der Waals surface area contributed by atoms with Crippen LogP contribution in [0.25, 0.3) is 5.69 Å². The Labute approximate surface area is 148 Å². The predicted octanol–water partition coefficient (Wildman–Crippen LogP) is 1.23. The van der Waals surface area contributed by atoms with E-state index in [9.17, 15) is 0 Å². The first-order chi connectivity index (χ1) is 12.1. The highest BCUT2D eigenvalue weighted by atomic mass is 32.1. The minimum absolute atomic E-state index is 0.0474. The van der Waals surface area contributed by atoms with Crippen molar-refractivity contribution in [2.24, 2.45) is 27.2 Å². The van der Waals surface area contributed by atoms with Gasteiger partial charge in [0.25, 0.3) is 0 Å². The molecule has 0 saturated carbocycles. The summed E-state index contributed by atoms with van der Waals surface area (Å²) in [5.74, 6) is -0.0524. The van der Waals surface area contributed by atoms with Gasteiger partial charge in [0.05, 0.1) is 11.4 Å². The summed E-state index contributed by atoms with van der Waals surface area (Å²) in [5, 5.41) is 9.92. The van der Waals surface area contributed by atoms with Crippen molar-refractivity contribution in [1.29, 1.82) is 0 Å². The molecule has 0 bridgehead atoms. The monoisotopic (exact) mass is 355 g/mol. The maximum absolute atomic E-state index is 5.41. The standard InChI is InChI=1S/C8H11N5.C7H6N4S/c9-7(10)13-8(11)12-6-4-2-1-3-5-6;12-7-8-9-10-11(7)6-4-2-1-3-5-6/h1-5H,(H6,9,10,11,12,13);1-5H,(H,8,10,12). The van der Waals surface area contributed by atoms with Crippen LogP contribution in [0, 0.1) is 4.77 Å². The predicted molar refractivity (Wildman–Crippen MR) is 100 cm³/mol. The zero-order valence-electron chi connectivity index (χ0n) is 13.1. The van der Waals surface area contributed by atoms with Crippen molar-refractivity contribution in [3.05, 3.63) is 65.4 Å². The number of guanidine groups is 2. The van der Waals surface area contributed by atoms with Crippen molar-refractivity contribution in [3.8, 4) is 5.69 Å². The largest absolute Gasteiger partial charge is 0.370 e. The van der Waals surface area contributed by atoms with Crippen LogP contribution in [0.15, 0.2) is 70.6 Å². The summed E-state index contributed by atoms with van der Waals surface area (Å²) in [7, 11) is 0. The van der Waals surface area contributed by atoms with Gasteiger partial charge in [-0.05, 0) is 36.5 Å². The van der Waals surface area contributed by atoms with Crippen molar-refractivity contribution in [3.63, 3.8) is 0 Å². The average molecular weight is 355 g/mol. The lowest BCUT2D eigenvalue weighted by Crippen LogP contribution is -2.26. The molecule has 10 heteroatoms. The summed E-state index contributed by atoms with van der Waals surface area (Å²) in [5.41, 5.74) is 17.3. The number of aliphatic imine (C=N–C) groups is 2. The van der Waals surface area contributed by atoms with Crippen LogP contribution in [0.4, 0.5) is 5.69 Å². The van der Waals surface area contributed by atoms with Crippen LogP contribution < -0.4 is 17.2 Å². The third-order valence-corrected chi connectivity index (χ3v) is 2.99. The van der Waals surface area contributed by atoms with Crippen molar-refractivity contribution >= 4 is 29.8 Å². The molecule has 25 heavy (non-hydrogen) atoms. The second-order valence-electron chi connectivity index (χ2n) is 4.60. The molecule has 0 fully saturated rings. The van der Waals surface area contributed by atoms with Gasteiger partial charge in [0.1, 0.15) is 0 Å². The lowest BCUT2D eigenvalue weighted by molar-refractivity contribution is 0.786. The fourth-order valence-corrected chi connectivity index (χ4v) is 1.92. The van der Waals surface area contributed by atoms with Gasteiger partial charge in [0.2, 0.25) is 10.7 Å². The SMILES string of the molecule is NC(N)=NC(N)=Nc1ccccc1.S=c1nn[nH]n1-c1ccccc1. The molecule has 0 unspecified atom stereocenters. The molecule has 0 atom stereocenters. The second-order valence-corrected chi connectivity index (χ2v) is 4.96. The smallest absolute Gasteiger partial charge is 0.242 e. The van der Waals surface area contributed by atoms with Crippen molar-refractivity contribution in [1.82, 2.24) is 20.2 Å². The highest BCUT2D eigenvalue weighted by Gasteiger charge is 1.96. The molecule has 0 aliphatic rings. The Bertz CT molecular complexity index is 893. The normalized spacial score (nSPS) is 10.5. The van der Waals surface area contributed by atoms with Gasteiger partial charge >= 0.3 is 0 Å². The molecule has 0 saturated heterocycles. The van der Waals surface area contributed by atoms with E-state index in [-0.39, 0.29) is 11.9 Å². The molecular formula is C15H17N9S. The number of para-hydroxylation sites is 2. The van der Waals surface area contributed by atoms with Crippen LogP contribution >= 0.6 is 12.2 Å². The van der Waals surface area contributed by atoms with Crippen molar-refractivity contribution < 1.29 is 0 Å². The number of nitrogens with zero attached hydrogens (tertiary/aromatic N) is 5. The number of nitrogens with two attached hydrogens (primary N) is 3. The first-order valence-corrected chi connectivity index (χ1v) is 7.51. The van der Waals surface area contributed by atoms with E-state index in [0.29, 0.717) is 10.5 Å². The molecule has 0 aliphatic carbocycles. The van der Waals surface area contributed by atoms with Crippen LogP contribution in [0.2, 0.25) is 0 Å². The molecule has 0 spiro atoms. The molecule has 128 valence electrons. The average Bonchev–Trinajstić information content (AvgIpc) is 3.02. The van der Waals surface area contributed by atoms with Gasteiger partial charge in [0.15, 0.2) is 5.96 Å². The van der Waals surface area contributed by atoms with Gasteiger partial charge < -0.3 is 17.2 Å². The third-order valence-electron chi connectivity index (χ3n) is 2.73. The van der Waals surface area contributed by atoms with Crippen LogP contribution in [-0.2, 0) is 0 Å². The fourth-order valence-electron chi connectivity index (χ4n) is 1.73. The molecule has 9 nitrogen and oxygen atoms in total. The van der Waals surface area contributed by atoms with E-state index in [1.165, 1.54) is 0 Å². The number of aromatic amines is 1. The van der Waals surface area contributed by atoms with E-state index in [1.807, 2.05) is 48.5 Å². The van der Waals surface area contributed by atoms with Crippen LogP contribution in [0.5, 0.6) is 0 Å². The van der Waals surface area contributed by atoms with Gasteiger partial charge in [0, 0.05) is 0 Å². The van der Waals surface area contributed by atoms with Crippen molar-refractivity contribution in [2.75, 3.05) is 0 Å². The minimum atomic E-state index is -0.0998. The molecule has 0 amide bonds. The Hall–Kier alpha value is -3.53. The summed E-state index contributed by atoms with van der Waals surface area (Å²) < 4.78 is 2.07.